The Morgan fingerprint density at radius 2 is 1.41 bits per heavy atom. The van der Waals surface area contributed by atoms with Gasteiger partial charge in [0.1, 0.15) is 6.04 Å². The Bertz CT molecular complexity index is 1390. The number of barbiturate groups is 1. The lowest BCUT2D eigenvalue weighted by atomic mass is 9.66. The molecule has 7 nitrogen and oxygen atoms in total. The lowest BCUT2D eigenvalue weighted by Crippen LogP contribution is -2.69. The van der Waals surface area contributed by atoms with Crippen molar-refractivity contribution in [3.8, 4) is 0 Å². The van der Waals surface area contributed by atoms with E-state index in [2.05, 4.69) is 16.0 Å². The van der Waals surface area contributed by atoms with Crippen LogP contribution in [0.25, 0.3) is 0 Å². The van der Waals surface area contributed by atoms with Gasteiger partial charge >= 0.3 is 6.03 Å². The number of rotatable bonds is 4. The molecule has 0 aliphatic carbocycles. The van der Waals surface area contributed by atoms with Gasteiger partial charge in [-0.1, -0.05) is 83.5 Å². The number of carbonyl (C=O) groups excluding carboxylic acids is 3. The van der Waals surface area contributed by atoms with E-state index in [1.807, 2.05) is 31.2 Å². The number of hydrogen-bond acceptors (Lipinski definition) is 6. The molecule has 0 aromatic heterocycles. The summed E-state index contributed by atoms with van der Waals surface area (Å²) in [5.74, 6) is -0.844. The molecule has 2 atom stereocenters. The minimum atomic E-state index is -1.80. The summed E-state index contributed by atoms with van der Waals surface area (Å²) in [4.78, 5) is 44.3. The van der Waals surface area contributed by atoms with Crippen LogP contribution in [0.3, 0.4) is 0 Å². The number of nitrogens with one attached hydrogen (secondary N) is 3. The van der Waals surface area contributed by atoms with Gasteiger partial charge in [-0.05, 0) is 53.4 Å². The molecule has 5 rings (SSSR count). The fourth-order valence-electron chi connectivity index (χ4n) is 4.69. The maximum Gasteiger partial charge on any atom is 0.328 e. The molecule has 2 heterocycles. The zero-order valence-corrected chi connectivity index (χ0v) is 22.0. The average molecular weight is 553 g/mol. The van der Waals surface area contributed by atoms with Crippen molar-refractivity contribution < 1.29 is 14.4 Å². The van der Waals surface area contributed by atoms with Crippen molar-refractivity contribution in [3.05, 3.63) is 105 Å². The summed E-state index contributed by atoms with van der Waals surface area (Å²) < 4.78 is 0. The lowest BCUT2D eigenvalue weighted by molar-refractivity contribution is -0.149. The molecule has 4 amide bonds. The third kappa shape index (κ3) is 4.72. The standard InChI is InChI=1S/C27H22Cl2N4O3S/c1-15-4-2-3-5-18(15)14-37-26-30-21(16-6-10-19(28)11-7-16)27(23(34)32-25(36)33-24(27)35)22(31-26)17-8-12-20(29)13-9-17/h2-13,21-22H,14H2,1H3,(H,30,31)(H2,32,33,34,35,36)/t21-,22-/m1/s1. The number of halogens is 2. The number of benzene rings is 3. The van der Waals surface area contributed by atoms with Gasteiger partial charge in [-0.15, -0.1) is 0 Å². The maximum atomic E-state index is 13.7. The fourth-order valence-corrected chi connectivity index (χ4v) is 5.94. The molecule has 188 valence electrons. The number of nitrogens with zero attached hydrogens (tertiary/aromatic N) is 1. The van der Waals surface area contributed by atoms with Crippen LogP contribution in [0.15, 0.2) is 77.8 Å². The Morgan fingerprint density at radius 1 is 0.838 bits per heavy atom. The molecule has 0 radical (unpaired) electrons. The zero-order chi connectivity index (χ0) is 26.2. The monoisotopic (exact) mass is 552 g/mol. The predicted octanol–water partition coefficient (Wildman–Crippen LogP) is 5.33. The van der Waals surface area contributed by atoms with Crippen molar-refractivity contribution in [3.63, 3.8) is 0 Å². The van der Waals surface area contributed by atoms with Crippen LogP contribution in [-0.2, 0) is 15.3 Å². The van der Waals surface area contributed by atoms with Crippen LogP contribution in [0.2, 0.25) is 10.0 Å². The van der Waals surface area contributed by atoms with Gasteiger partial charge in [0.05, 0.1) is 6.04 Å². The van der Waals surface area contributed by atoms with Gasteiger partial charge in [-0.3, -0.25) is 25.2 Å². The fraction of sp³-hybridized carbons (Fsp3) is 0.185. The zero-order valence-electron chi connectivity index (χ0n) is 19.6. The third-order valence-electron chi connectivity index (χ3n) is 6.62. The molecule has 10 heteroatoms. The molecule has 1 saturated heterocycles. The number of urea groups is 1. The Labute approximate surface area is 228 Å². The number of amides is 4. The van der Waals surface area contributed by atoms with Gasteiger partial charge in [-0.25, -0.2) is 4.79 Å². The molecule has 0 bridgehead atoms. The molecular weight excluding hydrogens is 531 g/mol. The van der Waals surface area contributed by atoms with Crippen molar-refractivity contribution in [2.45, 2.75) is 24.8 Å². The third-order valence-corrected chi connectivity index (χ3v) is 8.08. The first-order chi connectivity index (χ1) is 17.8. The highest BCUT2D eigenvalue weighted by Gasteiger charge is 2.63. The number of amidine groups is 1. The van der Waals surface area contributed by atoms with Gasteiger partial charge in [0.25, 0.3) is 0 Å². The van der Waals surface area contributed by atoms with Crippen LogP contribution in [0.1, 0.15) is 34.3 Å². The number of aliphatic imine (C=N–C) groups is 1. The lowest BCUT2D eigenvalue weighted by Gasteiger charge is -2.47. The van der Waals surface area contributed by atoms with E-state index in [1.165, 1.54) is 11.8 Å². The normalized spacial score (nSPS) is 20.6. The highest BCUT2D eigenvalue weighted by atomic mass is 35.5. The number of thioether (sulfide) groups is 1. The summed E-state index contributed by atoms with van der Waals surface area (Å²) in [6, 6.07) is 19.1. The van der Waals surface area contributed by atoms with E-state index in [1.54, 1.807) is 48.5 Å². The van der Waals surface area contributed by atoms with E-state index in [0.29, 0.717) is 32.1 Å². The minimum absolute atomic E-state index is 0.506. The Kier molecular flexibility index (Phi) is 6.98. The summed E-state index contributed by atoms with van der Waals surface area (Å²) in [5.41, 5.74) is 1.74. The van der Waals surface area contributed by atoms with Crippen molar-refractivity contribution in [1.82, 2.24) is 16.0 Å². The summed E-state index contributed by atoms with van der Waals surface area (Å²) in [6.45, 7) is 2.04. The Morgan fingerprint density at radius 3 is 2.00 bits per heavy atom. The molecule has 2 aliphatic rings. The number of carbonyl (C=O) groups is 3. The molecule has 3 aromatic rings. The maximum absolute atomic E-state index is 13.7. The smallest absolute Gasteiger partial charge is 0.328 e. The second kappa shape index (κ2) is 10.2. The van der Waals surface area contributed by atoms with E-state index in [9.17, 15) is 14.4 Å². The van der Waals surface area contributed by atoms with E-state index in [-0.39, 0.29) is 0 Å². The van der Waals surface area contributed by atoms with Crippen molar-refractivity contribution in [2.75, 3.05) is 0 Å². The van der Waals surface area contributed by atoms with Gasteiger partial charge in [0.2, 0.25) is 11.8 Å². The minimum Gasteiger partial charge on any atom is -0.356 e. The van der Waals surface area contributed by atoms with Crippen molar-refractivity contribution in [1.29, 1.82) is 0 Å². The highest BCUT2D eigenvalue weighted by Crippen LogP contribution is 2.51. The molecular formula is C27H22Cl2N4O3S. The number of hydrogen-bond donors (Lipinski definition) is 3. The van der Waals surface area contributed by atoms with Crippen LogP contribution in [0, 0.1) is 12.3 Å². The second-order valence-corrected chi connectivity index (χ2v) is 10.7. The van der Waals surface area contributed by atoms with E-state index >= 15 is 0 Å². The molecule has 3 N–H and O–H groups in total. The molecule has 0 unspecified atom stereocenters. The van der Waals surface area contributed by atoms with Crippen LogP contribution >= 0.6 is 35.0 Å². The molecule has 2 aliphatic heterocycles. The van der Waals surface area contributed by atoms with E-state index in [4.69, 9.17) is 28.2 Å². The topological polar surface area (TPSA) is 99.7 Å². The van der Waals surface area contributed by atoms with Gasteiger partial charge in [0, 0.05) is 15.8 Å². The first kappa shape index (κ1) is 25.3. The average Bonchev–Trinajstić information content (AvgIpc) is 2.87. The summed E-state index contributed by atoms with van der Waals surface area (Å²) in [7, 11) is 0. The summed E-state index contributed by atoms with van der Waals surface area (Å²) in [6.07, 6.45) is 0. The van der Waals surface area contributed by atoms with Crippen molar-refractivity contribution >= 4 is 58.0 Å². The van der Waals surface area contributed by atoms with Crippen LogP contribution in [-0.4, -0.2) is 23.0 Å². The van der Waals surface area contributed by atoms with Crippen LogP contribution in [0.5, 0.6) is 0 Å². The SMILES string of the molecule is Cc1ccccc1CSC1=N[C@H](c2ccc(Cl)cc2)C2(C(=O)NC(=O)NC2=O)[C@@H](c2ccc(Cl)cc2)N1. The molecule has 1 spiro atoms. The summed E-state index contributed by atoms with van der Waals surface area (Å²) in [5, 5.41) is 9.51. The predicted molar refractivity (Wildman–Crippen MR) is 146 cm³/mol. The number of imide groups is 2. The highest BCUT2D eigenvalue weighted by molar-refractivity contribution is 8.13. The largest absolute Gasteiger partial charge is 0.356 e. The van der Waals surface area contributed by atoms with Crippen LogP contribution in [0.4, 0.5) is 4.79 Å². The number of aryl methyl sites for hydroxylation is 1. The van der Waals surface area contributed by atoms with E-state index in [0.717, 1.165) is 11.1 Å². The second-order valence-electron chi connectivity index (χ2n) is 8.84. The van der Waals surface area contributed by atoms with Gasteiger partial charge in [-0.2, -0.15) is 0 Å². The Hall–Kier alpha value is -3.33. The first-order valence-electron chi connectivity index (χ1n) is 11.5. The quantitative estimate of drug-likeness (QED) is 0.380. The van der Waals surface area contributed by atoms with Gasteiger partial charge < -0.3 is 5.32 Å². The van der Waals surface area contributed by atoms with Crippen molar-refractivity contribution in [2.24, 2.45) is 10.4 Å². The summed E-state index contributed by atoms with van der Waals surface area (Å²) >= 11 is 13.8. The first-order valence-corrected chi connectivity index (χ1v) is 13.2. The molecule has 1 fully saturated rings. The molecule has 0 saturated carbocycles. The Balaban J connectivity index is 1.66. The van der Waals surface area contributed by atoms with Crippen LogP contribution < -0.4 is 16.0 Å². The molecule has 3 aromatic carbocycles. The van der Waals surface area contributed by atoms with Gasteiger partial charge in [0.15, 0.2) is 10.6 Å². The van der Waals surface area contributed by atoms with E-state index < -0.39 is 35.3 Å². The molecule has 37 heavy (non-hydrogen) atoms.